The Labute approximate surface area is 204 Å². The van der Waals surface area contributed by atoms with E-state index in [1.807, 2.05) is 53.8 Å². The van der Waals surface area contributed by atoms with Gasteiger partial charge in [0.05, 0.1) is 0 Å². The van der Waals surface area contributed by atoms with Crippen LogP contribution in [0.2, 0.25) is 0 Å². The second-order valence-electron chi connectivity index (χ2n) is 10.2. The van der Waals surface area contributed by atoms with Crippen molar-refractivity contribution in [2.75, 3.05) is 19.6 Å². The van der Waals surface area contributed by atoms with E-state index in [4.69, 9.17) is 0 Å². The summed E-state index contributed by atoms with van der Waals surface area (Å²) in [5.41, 5.74) is 3.27. The SMILES string of the molecule is CC(C)C(NC(=O)N1CC2CC(C1)c1cccc(=O)n1C2)C(=O)NCCc1c[nH]c2ccccc12. The van der Waals surface area contributed by atoms with Gasteiger partial charge < -0.3 is 25.1 Å². The van der Waals surface area contributed by atoms with Crippen molar-refractivity contribution in [2.24, 2.45) is 11.8 Å². The van der Waals surface area contributed by atoms with Gasteiger partial charge in [0.1, 0.15) is 6.04 Å². The molecule has 184 valence electrons. The van der Waals surface area contributed by atoms with Crippen molar-refractivity contribution in [1.29, 1.82) is 0 Å². The van der Waals surface area contributed by atoms with Crippen LogP contribution in [0.3, 0.4) is 0 Å². The zero-order valence-electron chi connectivity index (χ0n) is 20.3. The fraction of sp³-hybridized carbons (Fsp3) is 0.444. The number of carbonyl (C=O) groups excluding carboxylic acids is 2. The second kappa shape index (κ2) is 9.60. The van der Waals surface area contributed by atoms with Crippen molar-refractivity contribution < 1.29 is 9.59 Å². The Hall–Kier alpha value is -3.55. The number of likely N-dealkylation sites (tertiary alicyclic amines) is 1. The number of nitrogens with one attached hydrogen (secondary N) is 3. The van der Waals surface area contributed by atoms with Crippen LogP contribution in [0.1, 0.15) is 37.4 Å². The molecule has 2 aromatic heterocycles. The van der Waals surface area contributed by atoms with Gasteiger partial charge in [-0.3, -0.25) is 9.59 Å². The lowest BCUT2D eigenvalue weighted by atomic mass is 9.83. The van der Waals surface area contributed by atoms with E-state index in [0.717, 1.165) is 28.6 Å². The van der Waals surface area contributed by atoms with E-state index < -0.39 is 6.04 Å². The minimum atomic E-state index is -0.609. The standard InChI is InChI=1S/C27H33N5O3/c1-17(2)25(26(34)28-11-10-19-13-29-22-7-4-3-6-21(19)22)30-27(35)31-14-18-12-20(16-31)23-8-5-9-24(33)32(23)15-18/h3-9,13,17-18,20,25,29H,10-12,14-16H2,1-2H3,(H,28,34)(H,30,35). The maximum absolute atomic E-state index is 13.2. The van der Waals surface area contributed by atoms with Crippen LogP contribution in [0.5, 0.6) is 0 Å². The largest absolute Gasteiger partial charge is 0.361 e. The molecule has 0 saturated carbocycles. The molecule has 8 heteroatoms. The summed E-state index contributed by atoms with van der Waals surface area (Å²) in [6, 6.07) is 12.7. The number of fused-ring (bicyclic) bond motifs is 5. The molecule has 3 amide bonds. The first kappa shape index (κ1) is 23.2. The Morgan fingerprint density at radius 3 is 2.74 bits per heavy atom. The highest BCUT2D eigenvalue weighted by Gasteiger charge is 2.37. The molecule has 5 rings (SSSR count). The monoisotopic (exact) mass is 475 g/mol. The molecule has 4 heterocycles. The molecule has 0 spiro atoms. The Morgan fingerprint density at radius 2 is 1.91 bits per heavy atom. The van der Waals surface area contributed by atoms with Gasteiger partial charge in [-0.2, -0.15) is 0 Å². The number of hydrogen-bond acceptors (Lipinski definition) is 3. The van der Waals surface area contributed by atoms with Crippen LogP contribution in [0.25, 0.3) is 10.9 Å². The van der Waals surface area contributed by atoms with E-state index in [1.54, 1.807) is 12.1 Å². The summed E-state index contributed by atoms with van der Waals surface area (Å²) in [4.78, 5) is 43.5. The third kappa shape index (κ3) is 4.70. The fourth-order valence-electron chi connectivity index (χ4n) is 5.59. The second-order valence-corrected chi connectivity index (χ2v) is 10.2. The summed E-state index contributed by atoms with van der Waals surface area (Å²) in [5, 5.41) is 7.16. The topological polar surface area (TPSA) is 99.2 Å². The number of carbonyl (C=O) groups is 2. The van der Waals surface area contributed by atoms with Crippen LogP contribution < -0.4 is 16.2 Å². The zero-order chi connectivity index (χ0) is 24.5. The number of aromatic nitrogens is 2. The molecule has 2 aliphatic heterocycles. The number of aromatic amines is 1. The Morgan fingerprint density at radius 1 is 1.09 bits per heavy atom. The summed E-state index contributed by atoms with van der Waals surface area (Å²) in [7, 11) is 0. The third-order valence-corrected chi connectivity index (χ3v) is 7.36. The van der Waals surface area contributed by atoms with E-state index in [2.05, 4.69) is 21.7 Å². The van der Waals surface area contributed by atoms with E-state index >= 15 is 0 Å². The van der Waals surface area contributed by atoms with Crippen LogP contribution in [-0.2, 0) is 17.8 Å². The molecule has 3 N–H and O–H groups in total. The van der Waals surface area contributed by atoms with Gasteiger partial charge in [-0.15, -0.1) is 0 Å². The molecular formula is C27H33N5O3. The van der Waals surface area contributed by atoms with Gasteiger partial charge in [-0.1, -0.05) is 38.1 Å². The molecule has 0 aliphatic carbocycles. The van der Waals surface area contributed by atoms with Crippen molar-refractivity contribution in [2.45, 2.75) is 45.2 Å². The van der Waals surface area contributed by atoms with Gasteiger partial charge in [0, 0.05) is 61.0 Å². The Kier molecular flexibility index (Phi) is 6.36. The fourth-order valence-corrected chi connectivity index (χ4v) is 5.59. The molecule has 1 fully saturated rings. The summed E-state index contributed by atoms with van der Waals surface area (Å²) in [6.07, 6.45) is 3.68. The molecule has 35 heavy (non-hydrogen) atoms. The number of piperidine rings is 1. The van der Waals surface area contributed by atoms with E-state index in [1.165, 1.54) is 0 Å². The van der Waals surface area contributed by atoms with Crippen molar-refractivity contribution in [3.63, 3.8) is 0 Å². The first-order valence-electron chi connectivity index (χ1n) is 12.5. The quantitative estimate of drug-likeness (QED) is 0.511. The lowest BCUT2D eigenvalue weighted by Gasteiger charge is -2.43. The van der Waals surface area contributed by atoms with Crippen LogP contribution in [0.15, 0.2) is 53.5 Å². The number of pyridine rings is 1. The van der Waals surface area contributed by atoms with Crippen LogP contribution >= 0.6 is 0 Å². The van der Waals surface area contributed by atoms with Crippen LogP contribution in [0.4, 0.5) is 4.79 Å². The normalized spacial score (nSPS) is 19.9. The van der Waals surface area contributed by atoms with Gasteiger partial charge in [0.2, 0.25) is 5.91 Å². The van der Waals surface area contributed by atoms with E-state index in [-0.39, 0.29) is 35.3 Å². The van der Waals surface area contributed by atoms with Gasteiger partial charge in [-0.05, 0) is 42.4 Å². The van der Waals surface area contributed by atoms with Gasteiger partial charge in [0.15, 0.2) is 0 Å². The number of para-hydroxylation sites is 1. The predicted octanol–water partition coefficient (Wildman–Crippen LogP) is 2.84. The number of amides is 3. The molecule has 1 saturated heterocycles. The number of rotatable bonds is 6. The number of urea groups is 1. The number of hydrogen-bond donors (Lipinski definition) is 3. The summed E-state index contributed by atoms with van der Waals surface area (Å²) in [6.45, 7) is 6.17. The van der Waals surface area contributed by atoms with Gasteiger partial charge in [-0.25, -0.2) is 4.79 Å². The number of benzene rings is 1. The molecule has 3 unspecified atom stereocenters. The summed E-state index contributed by atoms with van der Waals surface area (Å²) >= 11 is 0. The number of H-pyrrole nitrogens is 1. The number of nitrogens with zero attached hydrogens (tertiary/aromatic N) is 2. The minimum Gasteiger partial charge on any atom is -0.361 e. The lowest BCUT2D eigenvalue weighted by Crippen LogP contribution is -2.57. The highest BCUT2D eigenvalue weighted by molar-refractivity contribution is 5.87. The van der Waals surface area contributed by atoms with E-state index in [9.17, 15) is 14.4 Å². The molecule has 8 nitrogen and oxygen atoms in total. The molecule has 2 bridgehead atoms. The van der Waals surface area contributed by atoms with Crippen molar-refractivity contribution in [3.05, 3.63) is 70.3 Å². The highest BCUT2D eigenvalue weighted by Crippen LogP contribution is 2.34. The van der Waals surface area contributed by atoms with Crippen molar-refractivity contribution in [1.82, 2.24) is 25.1 Å². The van der Waals surface area contributed by atoms with Crippen LogP contribution in [0, 0.1) is 11.8 Å². The predicted molar refractivity (Wildman–Crippen MR) is 135 cm³/mol. The maximum atomic E-state index is 13.2. The minimum absolute atomic E-state index is 0.0271. The zero-order valence-corrected chi connectivity index (χ0v) is 20.3. The highest BCUT2D eigenvalue weighted by atomic mass is 16.2. The average Bonchev–Trinajstić information content (AvgIpc) is 3.26. The van der Waals surface area contributed by atoms with Gasteiger partial charge >= 0.3 is 6.03 Å². The molecule has 3 aromatic rings. The van der Waals surface area contributed by atoms with E-state index in [0.29, 0.717) is 32.6 Å². The lowest BCUT2D eigenvalue weighted by molar-refractivity contribution is -0.123. The van der Waals surface area contributed by atoms with Crippen molar-refractivity contribution >= 4 is 22.8 Å². The summed E-state index contributed by atoms with van der Waals surface area (Å²) < 4.78 is 1.85. The smallest absolute Gasteiger partial charge is 0.318 e. The maximum Gasteiger partial charge on any atom is 0.318 e. The third-order valence-electron chi connectivity index (χ3n) is 7.36. The first-order chi connectivity index (χ1) is 16.9. The molecule has 0 radical (unpaired) electrons. The molecule has 1 aromatic carbocycles. The van der Waals surface area contributed by atoms with Gasteiger partial charge in [0.25, 0.3) is 5.56 Å². The average molecular weight is 476 g/mol. The molecular weight excluding hydrogens is 442 g/mol. The Bertz CT molecular complexity index is 1290. The molecule has 3 atom stereocenters. The van der Waals surface area contributed by atoms with Crippen molar-refractivity contribution in [3.8, 4) is 0 Å². The Balaban J connectivity index is 1.19. The van der Waals surface area contributed by atoms with Crippen LogP contribution in [-0.4, -0.2) is 52.1 Å². The first-order valence-corrected chi connectivity index (χ1v) is 12.5. The summed E-state index contributed by atoms with van der Waals surface area (Å²) in [5.74, 6) is 0.178. The molecule has 2 aliphatic rings.